The minimum absolute atomic E-state index is 0.0804. The predicted molar refractivity (Wildman–Crippen MR) is 111 cm³/mol. The molecule has 4 rings (SSSR count). The number of benzene rings is 2. The number of aliphatic carboxylic acids is 1. The predicted octanol–water partition coefficient (Wildman–Crippen LogP) is 1.64. The van der Waals surface area contributed by atoms with Crippen molar-refractivity contribution < 1.29 is 19.8 Å². The van der Waals surface area contributed by atoms with Gasteiger partial charge in [0.1, 0.15) is 4.88 Å². The lowest BCUT2D eigenvalue weighted by atomic mass is 10.1. The van der Waals surface area contributed by atoms with Gasteiger partial charge in [0.25, 0.3) is 5.91 Å². The summed E-state index contributed by atoms with van der Waals surface area (Å²) in [5.41, 5.74) is 0.954. The Labute approximate surface area is 182 Å². The molecule has 1 atom stereocenters. The molecule has 0 bridgehead atoms. The molecule has 1 aliphatic rings. The smallest absolute Gasteiger partial charge is 0.279 e. The molecule has 0 spiro atoms. The Morgan fingerprint density at radius 3 is 2.69 bits per heavy atom. The molecule has 146 valence electrons. The summed E-state index contributed by atoms with van der Waals surface area (Å²) in [4.78, 5) is 28.6. The molecular formula is C20H12BrN2O4S2-. The standard InChI is InChI=1S/C20H13BrN2O4S2/c21-11-6-7-13-12(9-11)15(17(24)22-13)16-18(25)23(20(28)29-16)14(19(26)27)8-10-4-2-1-3-5-10/h1-7,9,14,25H,8H2,(H,26,27)/p-1/t14-/m0/s1. The number of carbonyl (C=O) groups is 2. The molecule has 1 aromatic heterocycles. The zero-order valence-corrected chi connectivity index (χ0v) is 17.9. The van der Waals surface area contributed by atoms with Crippen LogP contribution in [-0.2, 0) is 16.0 Å². The lowest BCUT2D eigenvalue weighted by molar-refractivity contribution is -0.310. The molecule has 0 unspecified atom stereocenters. The second-order valence-corrected chi connectivity index (χ2v) is 8.93. The number of hydrogen-bond donors (Lipinski definition) is 1. The van der Waals surface area contributed by atoms with E-state index in [1.54, 1.807) is 42.5 Å². The van der Waals surface area contributed by atoms with Gasteiger partial charge in [0.05, 0.1) is 22.9 Å². The molecule has 2 aromatic carbocycles. The number of carbonyl (C=O) groups excluding carboxylic acids is 2. The topological polar surface area (TPSA) is 94.7 Å². The van der Waals surface area contributed by atoms with Crippen LogP contribution in [0.5, 0.6) is 5.88 Å². The van der Waals surface area contributed by atoms with Gasteiger partial charge in [0.15, 0.2) is 3.95 Å². The third-order valence-electron chi connectivity index (χ3n) is 4.56. The summed E-state index contributed by atoms with van der Waals surface area (Å²) in [5, 5.41) is 23.8. The first kappa shape index (κ1) is 19.7. The molecule has 0 radical (unpaired) electrons. The molecule has 9 heteroatoms. The monoisotopic (exact) mass is 487 g/mol. The highest BCUT2D eigenvalue weighted by atomic mass is 79.9. The fourth-order valence-electron chi connectivity index (χ4n) is 3.24. The molecule has 0 fully saturated rings. The minimum atomic E-state index is -1.37. The normalized spacial score (nSPS) is 13.8. The maximum Gasteiger partial charge on any atom is 0.279 e. The molecule has 0 aliphatic carbocycles. The average Bonchev–Trinajstić information content (AvgIpc) is 3.15. The van der Waals surface area contributed by atoms with Gasteiger partial charge in [-0.25, -0.2) is 4.99 Å². The summed E-state index contributed by atoms with van der Waals surface area (Å²) in [6, 6.07) is 12.9. The van der Waals surface area contributed by atoms with Crippen molar-refractivity contribution in [1.82, 2.24) is 4.57 Å². The molecule has 6 nitrogen and oxygen atoms in total. The van der Waals surface area contributed by atoms with E-state index >= 15 is 0 Å². The van der Waals surface area contributed by atoms with Crippen molar-refractivity contribution >= 4 is 56.9 Å². The molecule has 1 N–H and O–H groups in total. The highest BCUT2D eigenvalue weighted by Crippen LogP contribution is 2.35. The lowest BCUT2D eigenvalue weighted by Crippen LogP contribution is -2.34. The molecule has 29 heavy (non-hydrogen) atoms. The molecule has 2 heterocycles. The molecule has 0 saturated carbocycles. The van der Waals surface area contributed by atoms with Crippen molar-refractivity contribution in [2.75, 3.05) is 0 Å². The van der Waals surface area contributed by atoms with Gasteiger partial charge in [-0.3, -0.25) is 9.36 Å². The number of nitrogens with zero attached hydrogens (tertiary/aromatic N) is 2. The SMILES string of the molecule is O=C1N=c2ccc(Br)cc2=C1c1sc(=S)n([C@@H](Cc2ccccc2)C(=O)[O-])c1O. The first-order chi connectivity index (χ1) is 13.9. The van der Waals surface area contributed by atoms with E-state index in [2.05, 4.69) is 20.9 Å². The van der Waals surface area contributed by atoms with E-state index in [-0.39, 0.29) is 26.7 Å². The van der Waals surface area contributed by atoms with Gasteiger partial charge in [-0.1, -0.05) is 46.3 Å². The second kappa shape index (κ2) is 7.66. The second-order valence-electron chi connectivity index (χ2n) is 6.37. The Bertz CT molecular complexity index is 1330. The molecule has 1 amide bonds. The van der Waals surface area contributed by atoms with Gasteiger partial charge in [-0.05, 0) is 42.4 Å². The van der Waals surface area contributed by atoms with E-state index in [1.165, 1.54) is 0 Å². The third kappa shape index (κ3) is 3.57. The van der Waals surface area contributed by atoms with Crippen molar-refractivity contribution in [3.8, 4) is 5.88 Å². The number of rotatable bonds is 5. The summed E-state index contributed by atoms with van der Waals surface area (Å²) in [6.45, 7) is 0. The van der Waals surface area contributed by atoms with E-state index in [0.717, 1.165) is 25.9 Å². The van der Waals surface area contributed by atoms with Crippen LogP contribution < -0.4 is 15.7 Å². The summed E-state index contributed by atoms with van der Waals surface area (Å²) >= 11 is 9.67. The first-order valence-electron chi connectivity index (χ1n) is 8.49. The van der Waals surface area contributed by atoms with Crippen LogP contribution >= 0.6 is 39.5 Å². The van der Waals surface area contributed by atoms with Crippen molar-refractivity contribution in [3.05, 3.63) is 78.0 Å². The van der Waals surface area contributed by atoms with E-state index in [4.69, 9.17) is 12.2 Å². The van der Waals surface area contributed by atoms with Crippen LogP contribution in [0.3, 0.4) is 0 Å². The zero-order valence-electron chi connectivity index (χ0n) is 14.7. The van der Waals surface area contributed by atoms with E-state index in [1.807, 2.05) is 6.07 Å². The number of hydrogen-bond acceptors (Lipinski definition) is 6. The summed E-state index contributed by atoms with van der Waals surface area (Å²) in [7, 11) is 0. The van der Waals surface area contributed by atoms with Gasteiger partial charge >= 0.3 is 0 Å². The number of carboxylic acid groups (broad SMARTS) is 1. The van der Waals surface area contributed by atoms with Crippen molar-refractivity contribution in [3.63, 3.8) is 0 Å². The first-order valence-corrected chi connectivity index (χ1v) is 10.5. The Balaban J connectivity index is 1.88. The van der Waals surface area contributed by atoms with E-state index in [0.29, 0.717) is 10.6 Å². The number of halogens is 1. The third-order valence-corrected chi connectivity index (χ3v) is 6.47. The van der Waals surface area contributed by atoms with Crippen LogP contribution in [0.15, 0.2) is 58.0 Å². The molecule has 0 saturated heterocycles. The Morgan fingerprint density at radius 2 is 2.00 bits per heavy atom. The number of carboxylic acids is 1. The maximum atomic E-state index is 12.5. The van der Waals surface area contributed by atoms with Gasteiger partial charge < -0.3 is 15.0 Å². The number of fused-ring (bicyclic) bond motifs is 1. The van der Waals surface area contributed by atoms with Crippen molar-refractivity contribution in [2.24, 2.45) is 4.99 Å². The fourth-order valence-corrected chi connectivity index (χ4v) is 5.04. The summed E-state index contributed by atoms with van der Waals surface area (Å²) in [5.74, 6) is -2.26. The van der Waals surface area contributed by atoms with E-state index < -0.39 is 17.9 Å². The minimum Gasteiger partial charge on any atom is -0.548 e. The quantitative estimate of drug-likeness (QED) is 0.552. The Kier molecular flexibility index (Phi) is 5.20. The molecular weight excluding hydrogens is 476 g/mol. The highest BCUT2D eigenvalue weighted by Gasteiger charge is 2.28. The Morgan fingerprint density at radius 1 is 1.28 bits per heavy atom. The Hall–Kier alpha value is -2.62. The number of thiazole rings is 1. The molecule has 1 aliphatic heterocycles. The van der Waals surface area contributed by atoms with Crippen LogP contribution in [0.25, 0.3) is 5.57 Å². The highest BCUT2D eigenvalue weighted by molar-refractivity contribution is 9.10. The van der Waals surface area contributed by atoms with Crippen molar-refractivity contribution in [1.29, 1.82) is 0 Å². The maximum absolute atomic E-state index is 12.5. The van der Waals surface area contributed by atoms with Crippen LogP contribution in [0.2, 0.25) is 0 Å². The van der Waals surface area contributed by atoms with Crippen LogP contribution in [0.4, 0.5) is 0 Å². The zero-order chi connectivity index (χ0) is 20.7. The number of aromatic hydroxyl groups is 1. The van der Waals surface area contributed by atoms with Crippen molar-refractivity contribution in [2.45, 2.75) is 12.5 Å². The fraction of sp³-hybridized carbons (Fsp3) is 0.100. The number of amides is 1. The largest absolute Gasteiger partial charge is 0.548 e. The van der Waals surface area contributed by atoms with Gasteiger partial charge in [0.2, 0.25) is 5.88 Å². The number of aromatic nitrogens is 1. The lowest BCUT2D eigenvalue weighted by Gasteiger charge is -2.20. The summed E-state index contributed by atoms with van der Waals surface area (Å²) < 4.78 is 2.01. The molecule has 3 aromatic rings. The van der Waals surface area contributed by atoms with E-state index in [9.17, 15) is 19.8 Å². The van der Waals surface area contributed by atoms with Crippen LogP contribution in [0, 0.1) is 3.95 Å². The summed E-state index contributed by atoms with van der Waals surface area (Å²) in [6.07, 6.45) is 0.0804. The van der Waals surface area contributed by atoms with Gasteiger partial charge in [0, 0.05) is 9.69 Å². The van der Waals surface area contributed by atoms with Crippen LogP contribution in [-0.4, -0.2) is 21.6 Å². The van der Waals surface area contributed by atoms with Gasteiger partial charge in [-0.2, -0.15) is 0 Å². The average molecular weight is 488 g/mol. The van der Waals surface area contributed by atoms with Crippen LogP contribution in [0.1, 0.15) is 16.5 Å². The van der Waals surface area contributed by atoms with Gasteiger partial charge in [-0.15, -0.1) is 11.3 Å².